The van der Waals surface area contributed by atoms with Crippen LogP contribution in [0.2, 0.25) is 0 Å². The van der Waals surface area contributed by atoms with Gasteiger partial charge in [-0.3, -0.25) is 9.59 Å². The Labute approximate surface area is 158 Å². The summed E-state index contributed by atoms with van der Waals surface area (Å²) < 4.78 is 27.0. The maximum absolute atomic E-state index is 12.9. The van der Waals surface area contributed by atoms with E-state index in [9.17, 15) is 18.0 Å². The second-order valence-corrected chi connectivity index (χ2v) is 8.60. The van der Waals surface area contributed by atoms with E-state index >= 15 is 0 Å². The van der Waals surface area contributed by atoms with Crippen LogP contribution in [0, 0.1) is 0 Å². The largest absolute Gasteiger partial charge is 0.337 e. The second-order valence-electron chi connectivity index (χ2n) is 6.82. The normalized spacial score (nSPS) is 17.7. The number of hydrogen-bond acceptors (Lipinski definition) is 4. The average molecular weight is 389 g/mol. The van der Waals surface area contributed by atoms with Crippen molar-refractivity contribution < 1.29 is 13.2 Å². The van der Waals surface area contributed by atoms with E-state index in [1.807, 2.05) is 30.3 Å². The van der Waals surface area contributed by atoms with Gasteiger partial charge < -0.3 is 9.47 Å². The lowest BCUT2D eigenvalue weighted by molar-refractivity contribution is 0.0700. The number of rotatable bonds is 5. The van der Waals surface area contributed by atoms with Gasteiger partial charge in [-0.15, -0.1) is 0 Å². The Morgan fingerprint density at radius 1 is 1.19 bits per heavy atom. The number of carbonyl (C=O) groups is 1. The minimum absolute atomic E-state index is 0.105. The van der Waals surface area contributed by atoms with Gasteiger partial charge in [-0.05, 0) is 30.5 Å². The van der Waals surface area contributed by atoms with Gasteiger partial charge in [0.1, 0.15) is 5.56 Å². The quantitative estimate of drug-likeness (QED) is 0.828. The molecule has 1 aromatic heterocycles. The van der Waals surface area contributed by atoms with Gasteiger partial charge >= 0.3 is 0 Å². The Balaban J connectivity index is 1.78. The zero-order chi connectivity index (χ0) is 19.4. The van der Waals surface area contributed by atoms with Gasteiger partial charge in [-0.1, -0.05) is 30.3 Å². The number of nitrogens with one attached hydrogen (secondary N) is 1. The number of sulfonamides is 1. The van der Waals surface area contributed by atoms with E-state index in [2.05, 4.69) is 4.72 Å². The third kappa shape index (κ3) is 5.05. The molecule has 7 nitrogen and oxygen atoms in total. The Morgan fingerprint density at radius 2 is 1.93 bits per heavy atom. The van der Waals surface area contributed by atoms with Crippen LogP contribution in [0.5, 0.6) is 0 Å². The van der Waals surface area contributed by atoms with Crippen LogP contribution in [-0.2, 0) is 16.6 Å². The van der Waals surface area contributed by atoms with Gasteiger partial charge in [0.15, 0.2) is 0 Å². The maximum Gasteiger partial charge on any atom is 0.263 e. The topological polar surface area (TPSA) is 88.5 Å². The molecule has 1 unspecified atom stereocenters. The fraction of sp³-hybridized carbons (Fsp3) is 0.368. The van der Waals surface area contributed by atoms with Crippen LogP contribution in [0.15, 0.2) is 53.5 Å². The number of hydrogen-bond donors (Lipinski definition) is 1. The summed E-state index contributed by atoms with van der Waals surface area (Å²) in [6.45, 7) is 1.16. The highest BCUT2D eigenvalue weighted by Gasteiger charge is 2.27. The fourth-order valence-corrected chi connectivity index (χ4v) is 4.13. The Morgan fingerprint density at radius 3 is 2.63 bits per heavy atom. The SMILES string of the molecule is CS(=O)(=O)NC1CCCN(C(=O)c2cccn(Cc3ccccc3)c2=O)C1. The molecule has 2 heterocycles. The Kier molecular flexibility index (Phi) is 5.76. The van der Waals surface area contributed by atoms with Crippen molar-refractivity contribution in [3.63, 3.8) is 0 Å². The molecule has 0 saturated carbocycles. The molecule has 1 aromatic carbocycles. The van der Waals surface area contributed by atoms with E-state index in [0.717, 1.165) is 11.8 Å². The molecule has 0 bridgehead atoms. The predicted octanol–water partition coefficient (Wildman–Crippen LogP) is 1.05. The summed E-state index contributed by atoms with van der Waals surface area (Å²) in [6, 6.07) is 12.4. The van der Waals surface area contributed by atoms with Gasteiger partial charge in [-0.25, -0.2) is 13.1 Å². The van der Waals surface area contributed by atoms with E-state index in [1.165, 1.54) is 10.6 Å². The van der Waals surface area contributed by atoms with Gasteiger partial charge in [0.2, 0.25) is 10.0 Å². The summed E-state index contributed by atoms with van der Waals surface area (Å²) in [5.74, 6) is -0.359. The van der Waals surface area contributed by atoms with Crippen LogP contribution in [0.1, 0.15) is 28.8 Å². The summed E-state index contributed by atoms with van der Waals surface area (Å²) in [4.78, 5) is 27.2. The first-order valence-corrected chi connectivity index (χ1v) is 10.7. The highest BCUT2D eigenvalue weighted by molar-refractivity contribution is 7.88. The molecular formula is C19H23N3O4S. The third-order valence-corrected chi connectivity index (χ3v) is 5.30. The summed E-state index contributed by atoms with van der Waals surface area (Å²) >= 11 is 0. The van der Waals surface area contributed by atoms with Crippen LogP contribution in [0.3, 0.4) is 0 Å². The van der Waals surface area contributed by atoms with E-state index in [0.29, 0.717) is 25.9 Å². The number of pyridine rings is 1. The molecule has 1 aliphatic heterocycles. The standard InChI is InChI=1S/C19H23N3O4S/c1-27(25,26)20-16-9-5-11-22(14-16)19(24)17-10-6-12-21(18(17)23)13-15-7-3-2-4-8-15/h2-4,6-8,10,12,16,20H,5,9,11,13-14H2,1H3. The number of likely N-dealkylation sites (tertiary alicyclic amines) is 1. The average Bonchev–Trinajstić information content (AvgIpc) is 2.63. The lowest BCUT2D eigenvalue weighted by atomic mass is 10.1. The molecule has 1 saturated heterocycles. The van der Waals surface area contributed by atoms with E-state index in [4.69, 9.17) is 0 Å². The highest BCUT2D eigenvalue weighted by Crippen LogP contribution is 2.13. The molecule has 1 N–H and O–H groups in total. The Hall–Kier alpha value is -2.45. The predicted molar refractivity (Wildman–Crippen MR) is 103 cm³/mol. The second kappa shape index (κ2) is 8.06. The van der Waals surface area contributed by atoms with E-state index < -0.39 is 10.0 Å². The molecule has 8 heteroatoms. The van der Waals surface area contributed by atoms with Crippen molar-refractivity contribution in [3.05, 3.63) is 70.1 Å². The first kappa shape index (κ1) is 19.3. The van der Waals surface area contributed by atoms with Crippen molar-refractivity contribution >= 4 is 15.9 Å². The molecule has 27 heavy (non-hydrogen) atoms. The smallest absolute Gasteiger partial charge is 0.263 e. The van der Waals surface area contributed by atoms with Crippen molar-refractivity contribution in [2.75, 3.05) is 19.3 Å². The van der Waals surface area contributed by atoms with Gasteiger partial charge in [0, 0.05) is 25.3 Å². The minimum Gasteiger partial charge on any atom is -0.337 e. The monoisotopic (exact) mass is 389 g/mol. The van der Waals surface area contributed by atoms with Gasteiger partial charge in [0.25, 0.3) is 11.5 Å². The molecule has 1 fully saturated rings. The minimum atomic E-state index is -3.34. The molecular weight excluding hydrogens is 366 g/mol. The molecule has 144 valence electrons. The Bertz CT molecular complexity index is 970. The van der Waals surface area contributed by atoms with Crippen molar-refractivity contribution in [1.82, 2.24) is 14.2 Å². The van der Waals surface area contributed by atoms with E-state index in [-0.39, 0.29) is 29.6 Å². The van der Waals surface area contributed by atoms with Crippen LogP contribution >= 0.6 is 0 Å². The van der Waals surface area contributed by atoms with Crippen molar-refractivity contribution in [3.8, 4) is 0 Å². The van der Waals surface area contributed by atoms with Crippen LogP contribution in [0.25, 0.3) is 0 Å². The van der Waals surface area contributed by atoms with Gasteiger partial charge in [-0.2, -0.15) is 0 Å². The van der Waals surface area contributed by atoms with Crippen LogP contribution in [-0.4, -0.2) is 49.2 Å². The molecule has 3 rings (SSSR count). The molecule has 0 aliphatic carbocycles. The molecule has 0 spiro atoms. The molecule has 0 radical (unpaired) electrons. The summed E-state index contributed by atoms with van der Waals surface area (Å²) in [5, 5.41) is 0. The molecule has 1 aliphatic rings. The number of benzene rings is 1. The number of nitrogens with zero attached hydrogens (tertiary/aromatic N) is 2. The maximum atomic E-state index is 12.9. The van der Waals surface area contributed by atoms with Crippen molar-refractivity contribution in [2.45, 2.75) is 25.4 Å². The highest BCUT2D eigenvalue weighted by atomic mass is 32.2. The lowest BCUT2D eigenvalue weighted by Gasteiger charge is -2.32. The van der Waals surface area contributed by atoms with Crippen molar-refractivity contribution in [2.24, 2.45) is 0 Å². The lowest BCUT2D eigenvalue weighted by Crippen LogP contribution is -2.50. The number of aromatic nitrogens is 1. The number of amides is 1. The fourth-order valence-electron chi connectivity index (χ4n) is 3.34. The zero-order valence-electron chi connectivity index (χ0n) is 15.2. The first-order chi connectivity index (χ1) is 12.8. The summed E-state index contributed by atoms with van der Waals surface area (Å²) in [7, 11) is -3.34. The molecule has 1 amide bonds. The number of carbonyl (C=O) groups excluding carboxylic acids is 1. The van der Waals surface area contributed by atoms with Crippen LogP contribution in [0.4, 0.5) is 0 Å². The van der Waals surface area contributed by atoms with Crippen LogP contribution < -0.4 is 10.3 Å². The number of piperidine rings is 1. The molecule has 1 atom stereocenters. The summed E-state index contributed by atoms with van der Waals surface area (Å²) in [6.07, 6.45) is 4.12. The third-order valence-electron chi connectivity index (χ3n) is 4.54. The van der Waals surface area contributed by atoms with E-state index in [1.54, 1.807) is 17.2 Å². The van der Waals surface area contributed by atoms with Gasteiger partial charge in [0.05, 0.1) is 12.8 Å². The van der Waals surface area contributed by atoms with Crippen molar-refractivity contribution in [1.29, 1.82) is 0 Å². The zero-order valence-corrected chi connectivity index (χ0v) is 16.0. The first-order valence-electron chi connectivity index (χ1n) is 8.83. The molecule has 2 aromatic rings. The summed E-state index contributed by atoms with van der Waals surface area (Å²) in [5.41, 5.74) is 0.734.